The molecule has 1 aromatic heterocycles. The fourth-order valence-corrected chi connectivity index (χ4v) is 1.95. The second kappa shape index (κ2) is 5.86. The van der Waals surface area contributed by atoms with Crippen molar-refractivity contribution in [2.45, 2.75) is 13.0 Å². The van der Waals surface area contributed by atoms with E-state index in [9.17, 15) is 5.11 Å². The SMILES string of the molecule is Cc1nc(Cl)nc(NC(CO)c2ccccc2)c1N. The van der Waals surface area contributed by atoms with Crippen molar-refractivity contribution in [2.24, 2.45) is 0 Å². The average Bonchev–Trinajstić information content (AvgIpc) is 2.42. The molecule has 0 fully saturated rings. The van der Waals surface area contributed by atoms with Crippen LogP contribution in [0, 0.1) is 6.92 Å². The summed E-state index contributed by atoms with van der Waals surface area (Å²) < 4.78 is 0. The Kier molecular flexibility index (Phi) is 4.19. The molecule has 0 aliphatic heterocycles. The molecule has 1 heterocycles. The fourth-order valence-electron chi connectivity index (χ4n) is 1.74. The van der Waals surface area contributed by atoms with E-state index in [-0.39, 0.29) is 17.9 Å². The van der Waals surface area contributed by atoms with Gasteiger partial charge in [-0.25, -0.2) is 4.98 Å². The summed E-state index contributed by atoms with van der Waals surface area (Å²) in [6.45, 7) is 1.68. The number of aryl methyl sites for hydroxylation is 1. The van der Waals surface area contributed by atoms with Crippen LogP contribution >= 0.6 is 11.6 Å². The normalized spacial score (nSPS) is 12.2. The molecule has 1 atom stereocenters. The van der Waals surface area contributed by atoms with Gasteiger partial charge < -0.3 is 16.2 Å². The Labute approximate surface area is 116 Å². The van der Waals surface area contributed by atoms with E-state index in [2.05, 4.69) is 15.3 Å². The second-order valence-corrected chi connectivity index (χ2v) is 4.47. The first-order valence-electron chi connectivity index (χ1n) is 5.83. The van der Waals surface area contributed by atoms with Gasteiger partial charge in [0.1, 0.15) is 0 Å². The predicted molar refractivity (Wildman–Crippen MR) is 76.1 cm³/mol. The molecule has 5 nitrogen and oxygen atoms in total. The number of benzene rings is 1. The van der Waals surface area contributed by atoms with E-state index >= 15 is 0 Å². The van der Waals surface area contributed by atoms with Crippen molar-refractivity contribution in [1.29, 1.82) is 0 Å². The molecule has 0 saturated heterocycles. The zero-order valence-electron chi connectivity index (χ0n) is 10.5. The number of aliphatic hydroxyl groups excluding tert-OH is 1. The molecule has 0 radical (unpaired) electrons. The van der Waals surface area contributed by atoms with Gasteiger partial charge in [-0.2, -0.15) is 4.98 Å². The number of anilines is 2. The molecule has 19 heavy (non-hydrogen) atoms. The van der Waals surface area contributed by atoms with Crippen LogP contribution in [0.4, 0.5) is 11.5 Å². The van der Waals surface area contributed by atoms with Crippen LogP contribution in [0.1, 0.15) is 17.3 Å². The lowest BCUT2D eigenvalue weighted by molar-refractivity contribution is 0.276. The number of nitrogens with two attached hydrogens (primary N) is 1. The Morgan fingerprint density at radius 1 is 1.32 bits per heavy atom. The van der Waals surface area contributed by atoms with E-state index in [4.69, 9.17) is 17.3 Å². The van der Waals surface area contributed by atoms with Crippen LogP contribution in [0.25, 0.3) is 0 Å². The summed E-state index contributed by atoms with van der Waals surface area (Å²) in [5, 5.41) is 12.7. The lowest BCUT2D eigenvalue weighted by Crippen LogP contribution is -2.17. The first-order valence-corrected chi connectivity index (χ1v) is 6.21. The standard InChI is InChI=1S/C13H15ClN4O/c1-8-11(15)12(18-13(14)16-8)17-10(7-19)9-5-3-2-4-6-9/h2-6,10,19H,7,15H2,1H3,(H,16,17,18). The minimum absolute atomic E-state index is 0.0792. The molecule has 2 rings (SSSR count). The summed E-state index contributed by atoms with van der Waals surface area (Å²) in [4.78, 5) is 8.02. The van der Waals surface area contributed by atoms with Crippen LogP contribution in [0.2, 0.25) is 5.28 Å². The van der Waals surface area contributed by atoms with E-state index in [1.165, 1.54) is 0 Å². The third-order valence-corrected chi connectivity index (χ3v) is 2.97. The summed E-state index contributed by atoms with van der Waals surface area (Å²) in [6.07, 6.45) is 0. The lowest BCUT2D eigenvalue weighted by Gasteiger charge is -2.19. The average molecular weight is 279 g/mol. The van der Waals surface area contributed by atoms with Crippen LogP contribution in [0.5, 0.6) is 0 Å². The molecule has 2 aromatic rings. The maximum Gasteiger partial charge on any atom is 0.224 e. The maximum absolute atomic E-state index is 9.49. The number of halogens is 1. The molecule has 0 amide bonds. The van der Waals surface area contributed by atoms with E-state index < -0.39 is 0 Å². The summed E-state index contributed by atoms with van der Waals surface area (Å²) >= 11 is 5.81. The van der Waals surface area contributed by atoms with E-state index in [1.54, 1.807) is 6.92 Å². The van der Waals surface area contributed by atoms with Gasteiger partial charge in [0.15, 0.2) is 5.82 Å². The summed E-state index contributed by atoms with van der Waals surface area (Å²) in [6, 6.07) is 9.26. The molecule has 1 aromatic carbocycles. The van der Waals surface area contributed by atoms with Crippen molar-refractivity contribution >= 4 is 23.1 Å². The number of rotatable bonds is 4. The fraction of sp³-hybridized carbons (Fsp3) is 0.231. The van der Waals surface area contributed by atoms with Crippen LogP contribution in [-0.2, 0) is 0 Å². The molecule has 0 spiro atoms. The molecule has 0 bridgehead atoms. The van der Waals surface area contributed by atoms with Gasteiger partial charge in [0.05, 0.1) is 24.0 Å². The van der Waals surface area contributed by atoms with E-state index in [1.807, 2.05) is 30.3 Å². The molecular formula is C13H15ClN4O. The molecule has 1 unspecified atom stereocenters. The van der Waals surface area contributed by atoms with Gasteiger partial charge in [0, 0.05) is 0 Å². The first-order chi connectivity index (χ1) is 9.11. The number of hydrogen-bond acceptors (Lipinski definition) is 5. The molecular weight excluding hydrogens is 264 g/mol. The Bertz CT molecular complexity index is 562. The zero-order chi connectivity index (χ0) is 13.8. The van der Waals surface area contributed by atoms with Crippen molar-refractivity contribution in [3.8, 4) is 0 Å². The maximum atomic E-state index is 9.49. The minimum Gasteiger partial charge on any atom is -0.394 e. The van der Waals surface area contributed by atoms with Crippen molar-refractivity contribution in [2.75, 3.05) is 17.7 Å². The Balaban J connectivity index is 2.29. The highest BCUT2D eigenvalue weighted by Gasteiger charge is 2.14. The summed E-state index contributed by atoms with van der Waals surface area (Å²) in [5.74, 6) is 0.431. The highest BCUT2D eigenvalue weighted by molar-refractivity contribution is 6.28. The third kappa shape index (κ3) is 3.13. The molecule has 6 heteroatoms. The van der Waals surface area contributed by atoms with Crippen molar-refractivity contribution in [3.05, 3.63) is 46.9 Å². The highest BCUT2D eigenvalue weighted by atomic mass is 35.5. The van der Waals surface area contributed by atoms with Gasteiger partial charge >= 0.3 is 0 Å². The molecule has 0 saturated carbocycles. The number of nitrogens with one attached hydrogen (secondary N) is 1. The summed E-state index contributed by atoms with van der Waals surface area (Å²) in [5.41, 5.74) is 7.88. The van der Waals surface area contributed by atoms with Gasteiger partial charge in [-0.3, -0.25) is 0 Å². The topological polar surface area (TPSA) is 84.1 Å². The zero-order valence-corrected chi connectivity index (χ0v) is 11.2. The van der Waals surface area contributed by atoms with Crippen LogP contribution < -0.4 is 11.1 Å². The minimum atomic E-state index is -0.297. The van der Waals surface area contributed by atoms with Crippen LogP contribution in [0.15, 0.2) is 30.3 Å². The van der Waals surface area contributed by atoms with Gasteiger partial charge in [-0.1, -0.05) is 30.3 Å². The number of nitrogen functional groups attached to an aromatic ring is 1. The number of hydrogen-bond donors (Lipinski definition) is 3. The predicted octanol–water partition coefficient (Wildman–Crippen LogP) is 2.17. The highest BCUT2D eigenvalue weighted by Crippen LogP contribution is 2.25. The molecule has 100 valence electrons. The quantitative estimate of drug-likeness (QED) is 0.747. The third-order valence-electron chi connectivity index (χ3n) is 2.80. The number of aliphatic hydroxyl groups is 1. The number of aromatic nitrogens is 2. The lowest BCUT2D eigenvalue weighted by atomic mass is 10.1. The van der Waals surface area contributed by atoms with Gasteiger partial charge in [0.25, 0.3) is 0 Å². The molecule has 4 N–H and O–H groups in total. The van der Waals surface area contributed by atoms with E-state index in [0.717, 1.165) is 5.56 Å². The van der Waals surface area contributed by atoms with Crippen molar-refractivity contribution in [3.63, 3.8) is 0 Å². The number of nitrogens with zero attached hydrogens (tertiary/aromatic N) is 2. The molecule has 0 aliphatic rings. The van der Waals surface area contributed by atoms with Crippen molar-refractivity contribution < 1.29 is 5.11 Å². The van der Waals surface area contributed by atoms with Gasteiger partial charge in [0.2, 0.25) is 5.28 Å². The monoisotopic (exact) mass is 278 g/mol. The van der Waals surface area contributed by atoms with Gasteiger partial charge in [-0.05, 0) is 24.1 Å². The first kappa shape index (κ1) is 13.6. The van der Waals surface area contributed by atoms with Gasteiger partial charge in [-0.15, -0.1) is 0 Å². The second-order valence-electron chi connectivity index (χ2n) is 4.13. The smallest absolute Gasteiger partial charge is 0.224 e. The van der Waals surface area contributed by atoms with Crippen LogP contribution in [-0.4, -0.2) is 21.7 Å². The Morgan fingerprint density at radius 3 is 2.63 bits per heavy atom. The van der Waals surface area contributed by atoms with Crippen LogP contribution in [0.3, 0.4) is 0 Å². The largest absolute Gasteiger partial charge is 0.394 e. The summed E-state index contributed by atoms with van der Waals surface area (Å²) in [7, 11) is 0. The van der Waals surface area contributed by atoms with E-state index in [0.29, 0.717) is 17.2 Å². The van der Waals surface area contributed by atoms with Crippen molar-refractivity contribution in [1.82, 2.24) is 9.97 Å². The Morgan fingerprint density at radius 2 is 2.00 bits per heavy atom. The Hall–Kier alpha value is -1.85. The molecule has 0 aliphatic carbocycles.